The van der Waals surface area contributed by atoms with Crippen molar-refractivity contribution in [3.8, 4) is 0 Å². The van der Waals surface area contributed by atoms with Crippen molar-refractivity contribution >= 4 is 16.0 Å². The molecule has 0 saturated carbocycles. The van der Waals surface area contributed by atoms with E-state index in [1.165, 1.54) is 0 Å². The van der Waals surface area contributed by atoms with Crippen LogP contribution in [0.15, 0.2) is 0 Å². The standard InChI is InChI=1S/C16H34N2O4S/c1-6-16(2,3)15(19)17-11-10-13-18(4,5)12-8-7-9-14-23(20,21)22/h6-14H2,1-5H3,(H-,17,19,20,21,22)/p+1. The van der Waals surface area contributed by atoms with Crippen molar-refractivity contribution in [3.63, 3.8) is 0 Å². The van der Waals surface area contributed by atoms with Crippen LogP contribution >= 0.6 is 0 Å². The summed E-state index contributed by atoms with van der Waals surface area (Å²) in [5, 5.41) is 3.00. The first kappa shape index (κ1) is 22.3. The van der Waals surface area contributed by atoms with Gasteiger partial charge in [0.1, 0.15) is 0 Å². The Bertz CT molecular complexity index is 459. The second kappa shape index (κ2) is 9.59. The molecular weight excluding hydrogens is 316 g/mol. The highest BCUT2D eigenvalue weighted by Gasteiger charge is 2.24. The van der Waals surface area contributed by atoms with Gasteiger partial charge >= 0.3 is 0 Å². The molecule has 0 aromatic heterocycles. The molecule has 6 nitrogen and oxygen atoms in total. The second-order valence-electron chi connectivity index (χ2n) is 7.58. The van der Waals surface area contributed by atoms with Crippen LogP contribution in [0.25, 0.3) is 0 Å². The number of nitrogens with one attached hydrogen (secondary N) is 1. The maximum atomic E-state index is 12.0. The first-order valence-electron chi connectivity index (χ1n) is 8.45. The molecule has 7 heteroatoms. The molecule has 0 rings (SSSR count). The molecule has 0 aliphatic carbocycles. The van der Waals surface area contributed by atoms with Gasteiger partial charge in [-0.2, -0.15) is 8.42 Å². The van der Waals surface area contributed by atoms with Crippen molar-refractivity contribution in [1.82, 2.24) is 5.32 Å². The van der Waals surface area contributed by atoms with Crippen LogP contribution < -0.4 is 5.32 Å². The Morgan fingerprint density at radius 1 is 1.09 bits per heavy atom. The van der Waals surface area contributed by atoms with Gasteiger partial charge in [-0.15, -0.1) is 0 Å². The third kappa shape index (κ3) is 11.5. The molecule has 0 aromatic rings. The smallest absolute Gasteiger partial charge is 0.264 e. The first-order chi connectivity index (χ1) is 10.4. The summed E-state index contributed by atoms with van der Waals surface area (Å²) < 4.78 is 30.8. The minimum absolute atomic E-state index is 0.107. The van der Waals surface area contributed by atoms with E-state index in [-0.39, 0.29) is 17.1 Å². The van der Waals surface area contributed by atoms with Gasteiger partial charge in [-0.3, -0.25) is 9.35 Å². The number of unbranched alkanes of at least 4 members (excludes halogenated alkanes) is 2. The lowest BCUT2D eigenvalue weighted by atomic mass is 9.89. The number of nitrogens with zero attached hydrogens (tertiary/aromatic N) is 1. The third-order valence-electron chi connectivity index (χ3n) is 4.39. The Morgan fingerprint density at radius 2 is 1.65 bits per heavy atom. The molecule has 0 unspecified atom stereocenters. The van der Waals surface area contributed by atoms with Crippen LogP contribution in [-0.4, -0.2) is 62.8 Å². The molecule has 0 aliphatic heterocycles. The third-order valence-corrected chi connectivity index (χ3v) is 5.19. The molecule has 0 saturated heterocycles. The molecular formula is C16H35N2O4S+. The number of carbonyl (C=O) groups excluding carboxylic acids is 1. The molecule has 0 heterocycles. The quantitative estimate of drug-likeness (QED) is 0.320. The van der Waals surface area contributed by atoms with E-state index in [1.807, 2.05) is 20.8 Å². The molecule has 2 N–H and O–H groups in total. The van der Waals surface area contributed by atoms with Crippen molar-refractivity contribution in [2.75, 3.05) is 39.5 Å². The predicted molar refractivity (Wildman–Crippen MR) is 93.8 cm³/mol. The first-order valence-corrected chi connectivity index (χ1v) is 10.1. The van der Waals surface area contributed by atoms with Gasteiger partial charge in [0, 0.05) is 18.4 Å². The highest BCUT2D eigenvalue weighted by Crippen LogP contribution is 2.19. The Kier molecular flexibility index (Phi) is 9.32. The van der Waals surface area contributed by atoms with Crippen molar-refractivity contribution in [2.45, 2.75) is 52.9 Å². The molecule has 0 atom stereocenters. The zero-order chi connectivity index (χ0) is 18.1. The molecule has 0 aromatic carbocycles. The molecule has 1 amide bonds. The number of hydrogen-bond donors (Lipinski definition) is 2. The minimum atomic E-state index is -3.83. The van der Waals surface area contributed by atoms with E-state index >= 15 is 0 Å². The van der Waals surface area contributed by atoms with Gasteiger partial charge in [-0.05, 0) is 25.7 Å². The van der Waals surface area contributed by atoms with E-state index in [4.69, 9.17) is 4.55 Å². The number of rotatable bonds is 12. The maximum Gasteiger partial charge on any atom is 0.264 e. The highest BCUT2D eigenvalue weighted by atomic mass is 32.2. The van der Waals surface area contributed by atoms with Crippen LogP contribution in [0.1, 0.15) is 52.9 Å². The van der Waals surface area contributed by atoms with E-state index in [1.54, 1.807) is 0 Å². The summed E-state index contributed by atoms with van der Waals surface area (Å²) in [6, 6.07) is 0. The summed E-state index contributed by atoms with van der Waals surface area (Å²) >= 11 is 0. The fourth-order valence-electron chi connectivity index (χ4n) is 2.22. The Balaban J connectivity index is 3.86. The van der Waals surface area contributed by atoms with Crippen molar-refractivity contribution in [3.05, 3.63) is 0 Å². The summed E-state index contributed by atoms with van der Waals surface area (Å²) in [6.45, 7) is 8.53. The van der Waals surface area contributed by atoms with E-state index in [0.29, 0.717) is 13.0 Å². The fourth-order valence-corrected chi connectivity index (χ4v) is 2.79. The molecule has 23 heavy (non-hydrogen) atoms. The lowest BCUT2D eigenvalue weighted by Gasteiger charge is -2.30. The average Bonchev–Trinajstić information content (AvgIpc) is 2.41. The van der Waals surface area contributed by atoms with E-state index in [2.05, 4.69) is 19.4 Å². The van der Waals surface area contributed by atoms with Crippen molar-refractivity contribution in [1.29, 1.82) is 0 Å². The molecule has 0 radical (unpaired) electrons. The molecule has 0 aliphatic rings. The number of carbonyl (C=O) groups is 1. The summed E-state index contributed by atoms with van der Waals surface area (Å²) in [5.41, 5.74) is -0.308. The predicted octanol–water partition coefficient (Wildman–Crippen LogP) is 2.06. The minimum Gasteiger partial charge on any atom is -0.355 e. The number of quaternary nitrogens is 1. The van der Waals surface area contributed by atoms with Gasteiger partial charge in [-0.1, -0.05) is 20.8 Å². The monoisotopic (exact) mass is 351 g/mol. The summed E-state index contributed by atoms with van der Waals surface area (Å²) in [7, 11) is 0.453. The lowest BCUT2D eigenvalue weighted by molar-refractivity contribution is -0.890. The lowest BCUT2D eigenvalue weighted by Crippen LogP contribution is -2.43. The maximum absolute atomic E-state index is 12.0. The van der Waals surface area contributed by atoms with Crippen LogP contribution in [0.4, 0.5) is 0 Å². The van der Waals surface area contributed by atoms with Crippen LogP contribution in [0.5, 0.6) is 0 Å². The SMILES string of the molecule is CCC(C)(C)C(=O)NCCC[N+](C)(C)CCCCCS(=O)(=O)O. The fraction of sp³-hybridized carbons (Fsp3) is 0.938. The molecule has 0 spiro atoms. The zero-order valence-corrected chi connectivity index (χ0v) is 16.2. The Labute approximate surface area is 142 Å². The van der Waals surface area contributed by atoms with E-state index in [9.17, 15) is 13.2 Å². The number of hydrogen-bond acceptors (Lipinski definition) is 3. The van der Waals surface area contributed by atoms with Crippen molar-refractivity contribution in [2.24, 2.45) is 5.41 Å². The van der Waals surface area contributed by atoms with Gasteiger partial charge in [0.25, 0.3) is 10.1 Å². The van der Waals surface area contributed by atoms with E-state index in [0.717, 1.165) is 43.3 Å². The average molecular weight is 352 g/mol. The summed E-state index contributed by atoms with van der Waals surface area (Å²) in [6.07, 6.45) is 3.97. The van der Waals surface area contributed by atoms with Gasteiger partial charge in [-0.25, -0.2) is 0 Å². The topological polar surface area (TPSA) is 83.5 Å². The Morgan fingerprint density at radius 3 is 2.17 bits per heavy atom. The van der Waals surface area contributed by atoms with Crippen LogP contribution in [0.2, 0.25) is 0 Å². The summed E-state index contributed by atoms with van der Waals surface area (Å²) in [4.78, 5) is 12.0. The molecule has 0 fully saturated rings. The largest absolute Gasteiger partial charge is 0.355 e. The zero-order valence-electron chi connectivity index (χ0n) is 15.4. The summed E-state index contributed by atoms with van der Waals surface area (Å²) in [5.74, 6) is -0.0461. The van der Waals surface area contributed by atoms with Gasteiger partial charge < -0.3 is 9.80 Å². The van der Waals surface area contributed by atoms with Gasteiger partial charge in [0.05, 0.1) is 32.9 Å². The molecule has 138 valence electrons. The van der Waals surface area contributed by atoms with E-state index < -0.39 is 10.1 Å². The number of amides is 1. The highest BCUT2D eigenvalue weighted by molar-refractivity contribution is 7.85. The normalized spacial score (nSPS) is 13.1. The second-order valence-corrected chi connectivity index (χ2v) is 9.15. The van der Waals surface area contributed by atoms with Crippen LogP contribution in [0, 0.1) is 5.41 Å². The van der Waals surface area contributed by atoms with Crippen LogP contribution in [-0.2, 0) is 14.9 Å². The Hall–Kier alpha value is -0.660. The van der Waals surface area contributed by atoms with Gasteiger partial charge in [0.15, 0.2) is 0 Å². The van der Waals surface area contributed by atoms with Crippen molar-refractivity contribution < 1.29 is 22.2 Å². The van der Waals surface area contributed by atoms with Crippen LogP contribution in [0.3, 0.4) is 0 Å². The van der Waals surface area contributed by atoms with Gasteiger partial charge in [0.2, 0.25) is 5.91 Å². The molecule has 0 bridgehead atoms.